The number of hydrogen-bond donors (Lipinski definition) is 1. The van der Waals surface area contributed by atoms with E-state index in [0.717, 1.165) is 27.1 Å². The van der Waals surface area contributed by atoms with Gasteiger partial charge in [0.1, 0.15) is 5.75 Å². The maximum atomic E-state index is 12.7. The summed E-state index contributed by atoms with van der Waals surface area (Å²) >= 11 is 1.11. The SMILES string of the molecule is COc1ccc(S(=O)(=O)Nc2ccc3c(c2)sc(=O)n3C(C)C)cc1C. The summed E-state index contributed by atoms with van der Waals surface area (Å²) in [6, 6.07) is 9.86. The van der Waals surface area contributed by atoms with Crippen LogP contribution < -0.4 is 14.3 Å². The minimum absolute atomic E-state index is 0.0427. The van der Waals surface area contributed by atoms with Crippen molar-refractivity contribution in [2.45, 2.75) is 31.7 Å². The summed E-state index contributed by atoms with van der Waals surface area (Å²) < 4.78 is 35.5. The smallest absolute Gasteiger partial charge is 0.308 e. The molecule has 6 nitrogen and oxygen atoms in total. The van der Waals surface area contributed by atoms with Crippen molar-refractivity contribution in [1.29, 1.82) is 0 Å². The van der Waals surface area contributed by atoms with Crippen molar-refractivity contribution in [3.05, 3.63) is 51.6 Å². The molecule has 0 saturated carbocycles. The van der Waals surface area contributed by atoms with E-state index in [1.165, 1.54) is 6.07 Å². The Bertz CT molecular complexity index is 1130. The van der Waals surface area contributed by atoms with Crippen LogP contribution in [0.3, 0.4) is 0 Å². The number of anilines is 1. The highest BCUT2D eigenvalue weighted by molar-refractivity contribution is 7.92. The van der Waals surface area contributed by atoms with E-state index in [9.17, 15) is 13.2 Å². The Balaban J connectivity index is 1.97. The highest BCUT2D eigenvalue weighted by Crippen LogP contribution is 2.27. The summed E-state index contributed by atoms with van der Waals surface area (Å²) in [6.45, 7) is 5.67. The number of fused-ring (bicyclic) bond motifs is 1. The number of sulfonamides is 1. The lowest BCUT2D eigenvalue weighted by Crippen LogP contribution is -2.15. The third-order valence-corrected chi connectivity index (χ3v) is 6.36. The molecule has 0 unspecified atom stereocenters. The third kappa shape index (κ3) is 3.34. The highest BCUT2D eigenvalue weighted by Gasteiger charge is 2.17. The molecule has 0 radical (unpaired) electrons. The van der Waals surface area contributed by atoms with Gasteiger partial charge in [-0.15, -0.1) is 0 Å². The van der Waals surface area contributed by atoms with Crippen LogP contribution >= 0.6 is 11.3 Å². The van der Waals surface area contributed by atoms with Crippen molar-refractivity contribution in [3.8, 4) is 5.75 Å². The fourth-order valence-corrected chi connectivity index (χ4v) is 5.01. The van der Waals surface area contributed by atoms with E-state index in [2.05, 4.69) is 4.72 Å². The summed E-state index contributed by atoms with van der Waals surface area (Å²) in [5.74, 6) is 0.630. The van der Waals surface area contributed by atoms with E-state index in [1.807, 2.05) is 13.8 Å². The zero-order valence-corrected chi connectivity index (χ0v) is 16.6. The Labute approximate surface area is 156 Å². The van der Waals surface area contributed by atoms with Gasteiger partial charge in [0.25, 0.3) is 10.0 Å². The van der Waals surface area contributed by atoms with Gasteiger partial charge in [0.05, 0.1) is 27.9 Å². The second-order valence-electron chi connectivity index (χ2n) is 6.25. The lowest BCUT2D eigenvalue weighted by atomic mass is 10.2. The zero-order valence-electron chi connectivity index (χ0n) is 14.9. The standard InChI is InChI=1S/C18H20N2O4S2/c1-11(2)20-15-7-5-13(10-17(15)25-18(20)21)19-26(22,23)14-6-8-16(24-4)12(3)9-14/h5-11,19H,1-4H3. The van der Waals surface area contributed by atoms with Gasteiger partial charge in [-0.25, -0.2) is 8.42 Å². The lowest BCUT2D eigenvalue weighted by Gasteiger charge is -2.11. The maximum absolute atomic E-state index is 12.7. The van der Waals surface area contributed by atoms with Crippen LogP contribution in [0.5, 0.6) is 5.75 Å². The molecule has 1 heterocycles. The topological polar surface area (TPSA) is 77.4 Å². The number of methoxy groups -OCH3 is 1. The maximum Gasteiger partial charge on any atom is 0.308 e. The molecule has 138 valence electrons. The first-order valence-electron chi connectivity index (χ1n) is 8.05. The van der Waals surface area contributed by atoms with Crippen LogP contribution in [0.1, 0.15) is 25.5 Å². The van der Waals surface area contributed by atoms with Crippen LogP contribution in [-0.2, 0) is 10.0 Å². The fraction of sp³-hybridized carbons (Fsp3) is 0.278. The Kier molecular flexibility index (Phi) is 4.81. The number of nitrogens with zero attached hydrogens (tertiary/aromatic N) is 1. The summed E-state index contributed by atoms with van der Waals surface area (Å²) in [5.41, 5.74) is 1.96. The molecule has 0 bridgehead atoms. The Hall–Kier alpha value is -2.32. The molecule has 3 rings (SSSR count). The molecular formula is C18H20N2O4S2. The minimum atomic E-state index is -3.73. The van der Waals surface area contributed by atoms with Crippen LogP contribution in [0, 0.1) is 6.92 Å². The third-order valence-electron chi connectivity index (χ3n) is 4.06. The lowest BCUT2D eigenvalue weighted by molar-refractivity contribution is 0.411. The summed E-state index contributed by atoms with van der Waals surface area (Å²) in [6.07, 6.45) is 0. The average molecular weight is 393 g/mol. The summed E-state index contributed by atoms with van der Waals surface area (Å²) in [4.78, 5) is 12.2. The Morgan fingerprint density at radius 3 is 2.50 bits per heavy atom. The summed E-state index contributed by atoms with van der Waals surface area (Å²) in [7, 11) is -2.19. The van der Waals surface area contributed by atoms with E-state index < -0.39 is 10.0 Å². The normalized spacial score (nSPS) is 11.9. The van der Waals surface area contributed by atoms with Crippen molar-refractivity contribution >= 4 is 37.3 Å². The van der Waals surface area contributed by atoms with Crippen molar-refractivity contribution in [1.82, 2.24) is 4.57 Å². The second kappa shape index (κ2) is 6.77. The highest BCUT2D eigenvalue weighted by atomic mass is 32.2. The molecule has 26 heavy (non-hydrogen) atoms. The molecule has 1 aromatic heterocycles. The summed E-state index contributed by atoms with van der Waals surface area (Å²) in [5, 5.41) is 0. The van der Waals surface area contributed by atoms with Crippen LogP contribution in [0.2, 0.25) is 0 Å². The first kappa shape index (κ1) is 18.5. The van der Waals surface area contributed by atoms with Crippen LogP contribution in [-0.4, -0.2) is 20.1 Å². The van der Waals surface area contributed by atoms with Gasteiger partial charge in [0, 0.05) is 6.04 Å². The largest absolute Gasteiger partial charge is 0.496 e. The van der Waals surface area contributed by atoms with Crippen molar-refractivity contribution in [3.63, 3.8) is 0 Å². The molecule has 0 aliphatic carbocycles. The van der Waals surface area contributed by atoms with Crippen molar-refractivity contribution in [2.24, 2.45) is 0 Å². The Morgan fingerprint density at radius 1 is 1.15 bits per heavy atom. The monoisotopic (exact) mass is 392 g/mol. The van der Waals surface area contributed by atoms with Crippen LogP contribution in [0.4, 0.5) is 5.69 Å². The molecule has 1 N–H and O–H groups in total. The number of ether oxygens (including phenoxy) is 1. The molecule has 0 fully saturated rings. The van der Waals surface area contributed by atoms with E-state index in [-0.39, 0.29) is 15.8 Å². The number of aryl methyl sites for hydroxylation is 1. The van der Waals surface area contributed by atoms with E-state index in [1.54, 1.807) is 48.9 Å². The first-order chi connectivity index (χ1) is 12.2. The first-order valence-corrected chi connectivity index (χ1v) is 10.4. The van der Waals surface area contributed by atoms with Gasteiger partial charge < -0.3 is 4.74 Å². The van der Waals surface area contributed by atoms with Crippen LogP contribution in [0.25, 0.3) is 10.2 Å². The number of benzene rings is 2. The number of nitrogens with one attached hydrogen (secondary N) is 1. The molecular weight excluding hydrogens is 372 g/mol. The molecule has 0 atom stereocenters. The van der Waals surface area contributed by atoms with Gasteiger partial charge in [-0.1, -0.05) is 11.3 Å². The number of aromatic nitrogens is 1. The van der Waals surface area contributed by atoms with Gasteiger partial charge in [-0.3, -0.25) is 14.1 Å². The van der Waals surface area contributed by atoms with E-state index >= 15 is 0 Å². The molecule has 0 aliphatic heterocycles. The molecule has 8 heteroatoms. The predicted molar refractivity (Wildman–Crippen MR) is 105 cm³/mol. The van der Waals surface area contributed by atoms with Crippen molar-refractivity contribution < 1.29 is 13.2 Å². The van der Waals surface area contributed by atoms with E-state index in [4.69, 9.17) is 4.74 Å². The molecule has 2 aromatic carbocycles. The van der Waals surface area contributed by atoms with E-state index in [0.29, 0.717) is 11.4 Å². The molecule has 0 amide bonds. The quantitative estimate of drug-likeness (QED) is 0.717. The fourth-order valence-electron chi connectivity index (χ4n) is 2.82. The Morgan fingerprint density at radius 2 is 1.88 bits per heavy atom. The van der Waals surface area contributed by atoms with Gasteiger partial charge in [0.15, 0.2) is 0 Å². The molecule has 0 aliphatic rings. The predicted octanol–water partition coefficient (Wildman–Crippen LogP) is 3.76. The second-order valence-corrected chi connectivity index (χ2v) is 8.93. The molecule has 0 spiro atoms. The van der Waals surface area contributed by atoms with Crippen molar-refractivity contribution in [2.75, 3.05) is 11.8 Å². The zero-order chi connectivity index (χ0) is 19.1. The van der Waals surface area contributed by atoms with Gasteiger partial charge in [-0.05, 0) is 62.7 Å². The molecule has 3 aromatic rings. The number of hydrogen-bond acceptors (Lipinski definition) is 5. The molecule has 0 saturated heterocycles. The number of thiazole rings is 1. The minimum Gasteiger partial charge on any atom is -0.496 e. The van der Waals surface area contributed by atoms with Gasteiger partial charge in [0.2, 0.25) is 0 Å². The average Bonchev–Trinajstić information content (AvgIpc) is 2.89. The van der Waals surface area contributed by atoms with Gasteiger partial charge >= 0.3 is 4.87 Å². The van der Waals surface area contributed by atoms with Gasteiger partial charge in [-0.2, -0.15) is 0 Å². The van der Waals surface area contributed by atoms with Crippen LogP contribution in [0.15, 0.2) is 46.1 Å². The number of rotatable bonds is 5.